The Morgan fingerprint density at radius 3 is 2.85 bits per heavy atom. The Labute approximate surface area is 157 Å². The second-order valence-corrected chi connectivity index (χ2v) is 6.78. The van der Waals surface area contributed by atoms with E-state index in [1.165, 1.54) is 10.7 Å². The van der Waals surface area contributed by atoms with E-state index in [1.807, 2.05) is 38.1 Å². The predicted molar refractivity (Wildman–Crippen MR) is 98.8 cm³/mol. The lowest BCUT2D eigenvalue weighted by Gasteiger charge is -2.10. The fourth-order valence-electron chi connectivity index (χ4n) is 2.83. The van der Waals surface area contributed by atoms with Gasteiger partial charge in [-0.2, -0.15) is 5.10 Å². The molecule has 3 N–H and O–H groups in total. The number of aliphatic hydroxyl groups excluding tert-OH is 1. The molecule has 1 aromatic heterocycles. The van der Waals surface area contributed by atoms with E-state index in [2.05, 4.69) is 15.7 Å². The molecule has 0 saturated carbocycles. The monoisotopic (exact) mass is 372 g/mol. The fraction of sp³-hybridized carbons (Fsp3) is 0.421. The van der Waals surface area contributed by atoms with E-state index in [0.29, 0.717) is 13.0 Å². The minimum atomic E-state index is -0.728. The molecule has 144 valence electrons. The van der Waals surface area contributed by atoms with Gasteiger partial charge in [-0.15, -0.1) is 0 Å². The maximum absolute atomic E-state index is 12.3. The van der Waals surface area contributed by atoms with Gasteiger partial charge < -0.3 is 20.5 Å². The maximum atomic E-state index is 12.3. The van der Waals surface area contributed by atoms with Crippen LogP contribution in [0.15, 0.2) is 30.3 Å². The van der Waals surface area contributed by atoms with Crippen molar-refractivity contribution in [2.75, 3.05) is 13.1 Å². The quantitative estimate of drug-likeness (QED) is 0.694. The summed E-state index contributed by atoms with van der Waals surface area (Å²) in [6.45, 7) is 4.74. The highest BCUT2D eigenvalue weighted by Crippen LogP contribution is 2.14. The first kappa shape index (κ1) is 18.9. The molecule has 0 saturated heterocycles. The van der Waals surface area contributed by atoms with Gasteiger partial charge in [-0.05, 0) is 38.0 Å². The van der Waals surface area contributed by atoms with Gasteiger partial charge in [0.15, 0.2) is 5.69 Å². The standard InChI is InChI=1S/C19H24N4O4/c1-12(2)27-15-5-3-13(4-6-15)7-8-20-18(25)16-9-17-19(26)21-10-14(24)11-23(17)22-16/h3-6,9,12,14,24H,7-8,10-11H2,1-2H3,(H,20,25)(H,21,26)/t14-/m1/s1. The van der Waals surface area contributed by atoms with Crippen LogP contribution in [-0.2, 0) is 13.0 Å². The van der Waals surface area contributed by atoms with Crippen LogP contribution in [0.1, 0.15) is 40.4 Å². The predicted octanol–water partition coefficient (Wildman–Crippen LogP) is 0.747. The van der Waals surface area contributed by atoms with Crippen LogP contribution in [0.3, 0.4) is 0 Å². The number of nitrogens with zero attached hydrogens (tertiary/aromatic N) is 2. The molecule has 8 nitrogen and oxygen atoms in total. The zero-order valence-electron chi connectivity index (χ0n) is 15.4. The Hall–Kier alpha value is -2.87. The van der Waals surface area contributed by atoms with Crippen molar-refractivity contribution < 1.29 is 19.4 Å². The zero-order chi connectivity index (χ0) is 19.4. The van der Waals surface area contributed by atoms with Gasteiger partial charge in [0, 0.05) is 19.2 Å². The summed E-state index contributed by atoms with van der Waals surface area (Å²) in [6.07, 6.45) is 0.0672. The molecule has 1 aliphatic rings. The third-order valence-corrected chi connectivity index (χ3v) is 4.12. The Balaban J connectivity index is 1.55. The molecule has 0 spiro atoms. The molecule has 1 aromatic carbocycles. The summed E-state index contributed by atoms with van der Waals surface area (Å²) in [7, 11) is 0. The molecule has 0 radical (unpaired) electrons. The summed E-state index contributed by atoms with van der Waals surface area (Å²) in [5.74, 6) is 0.122. The largest absolute Gasteiger partial charge is 0.491 e. The first-order valence-electron chi connectivity index (χ1n) is 9.00. The number of benzene rings is 1. The van der Waals surface area contributed by atoms with E-state index in [1.54, 1.807) is 0 Å². The van der Waals surface area contributed by atoms with Crippen molar-refractivity contribution in [3.63, 3.8) is 0 Å². The number of aliphatic hydroxyl groups is 1. The first-order valence-corrected chi connectivity index (χ1v) is 9.00. The van der Waals surface area contributed by atoms with Gasteiger partial charge in [0.1, 0.15) is 11.4 Å². The normalized spacial score (nSPS) is 16.4. The smallest absolute Gasteiger partial charge is 0.271 e. The van der Waals surface area contributed by atoms with Gasteiger partial charge in [0.05, 0.1) is 18.8 Å². The number of nitrogens with one attached hydrogen (secondary N) is 2. The highest BCUT2D eigenvalue weighted by atomic mass is 16.5. The zero-order valence-corrected chi connectivity index (χ0v) is 15.4. The number of hydrogen-bond acceptors (Lipinski definition) is 5. The summed E-state index contributed by atoms with van der Waals surface area (Å²) < 4.78 is 6.97. The van der Waals surface area contributed by atoms with Crippen LogP contribution in [0.2, 0.25) is 0 Å². The van der Waals surface area contributed by atoms with E-state index >= 15 is 0 Å². The summed E-state index contributed by atoms with van der Waals surface area (Å²) in [6, 6.07) is 9.20. The van der Waals surface area contributed by atoms with E-state index in [4.69, 9.17) is 4.74 Å². The molecule has 2 heterocycles. The van der Waals surface area contributed by atoms with Crippen LogP contribution in [0.5, 0.6) is 5.75 Å². The van der Waals surface area contributed by atoms with Crippen molar-refractivity contribution in [2.24, 2.45) is 0 Å². The average molecular weight is 372 g/mol. The van der Waals surface area contributed by atoms with E-state index in [-0.39, 0.29) is 42.4 Å². The van der Waals surface area contributed by atoms with Crippen LogP contribution in [-0.4, -0.2) is 52.0 Å². The number of fused-ring (bicyclic) bond motifs is 1. The second kappa shape index (κ2) is 8.22. The molecule has 2 amide bonds. The van der Waals surface area contributed by atoms with E-state index in [9.17, 15) is 14.7 Å². The minimum Gasteiger partial charge on any atom is -0.491 e. The van der Waals surface area contributed by atoms with Gasteiger partial charge in [0.2, 0.25) is 0 Å². The van der Waals surface area contributed by atoms with Gasteiger partial charge in [0.25, 0.3) is 11.8 Å². The lowest BCUT2D eigenvalue weighted by molar-refractivity contribution is 0.0931. The van der Waals surface area contributed by atoms with Crippen LogP contribution in [0, 0.1) is 0 Å². The summed E-state index contributed by atoms with van der Waals surface area (Å²) in [5, 5.41) is 19.3. The fourth-order valence-corrected chi connectivity index (χ4v) is 2.83. The molecule has 0 unspecified atom stereocenters. The van der Waals surface area contributed by atoms with Gasteiger partial charge in [-0.1, -0.05) is 12.1 Å². The number of carbonyl (C=O) groups is 2. The van der Waals surface area contributed by atoms with E-state index < -0.39 is 6.10 Å². The Kier molecular flexibility index (Phi) is 5.75. The minimum absolute atomic E-state index is 0.128. The topological polar surface area (TPSA) is 105 Å². The summed E-state index contributed by atoms with van der Waals surface area (Å²) >= 11 is 0. The number of aromatic nitrogens is 2. The molecule has 2 aromatic rings. The summed E-state index contributed by atoms with van der Waals surface area (Å²) in [5.41, 5.74) is 1.52. The van der Waals surface area contributed by atoms with Crippen molar-refractivity contribution in [1.82, 2.24) is 20.4 Å². The Morgan fingerprint density at radius 2 is 2.15 bits per heavy atom. The number of carbonyl (C=O) groups excluding carboxylic acids is 2. The maximum Gasteiger partial charge on any atom is 0.271 e. The third kappa shape index (κ3) is 4.85. The highest BCUT2D eigenvalue weighted by Gasteiger charge is 2.24. The van der Waals surface area contributed by atoms with Crippen LogP contribution in [0.25, 0.3) is 0 Å². The van der Waals surface area contributed by atoms with Crippen molar-refractivity contribution in [3.05, 3.63) is 47.3 Å². The SMILES string of the molecule is CC(C)Oc1ccc(CCNC(=O)c2cc3n(n2)C[C@H](O)CNC3=O)cc1. The molecule has 1 aliphatic heterocycles. The van der Waals surface area contributed by atoms with Gasteiger partial charge in [-0.25, -0.2) is 0 Å². The Bertz CT molecular complexity index is 814. The van der Waals surface area contributed by atoms with Crippen molar-refractivity contribution >= 4 is 11.8 Å². The lowest BCUT2D eigenvalue weighted by Crippen LogP contribution is -2.30. The number of amides is 2. The number of ether oxygens (including phenoxy) is 1. The molecule has 0 bridgehead atoms. The van der Waals surface area contributed by atoms with E-state index in [0.717, 1.165) is 11.3 Å². The second-order valence-electron chi connectivity index (χ2n) is 6.78. The number of rotatable bonds is 6. The van der Waals surface area contributed by atoms with Crippen molar-refractivity contribution in [1.29, 1.82) is 0 Å². The molecule has 3 rings (SSSR count). The van der Waals surface area contributed by atoms with Crippen molar-refractivity contribution in [3.8, 4) is 5.75 Å². The molecule has 8 heteroatoms. The number of hydrogen-bond donors (Lipinski definition) is 3. The summed E-state index contributed by atoms with van der Waals surface area (Å²) in [4.78, 5) is 24.3. The van der Waals surface area contributed by atoms with Crippen molar-refractivity contribution in [2.45, 2.75) is 39.0 Å². The third-order valence-electron chi connectivity index (χ3n) is 4.12. The Morgan fingerprint density at radius 1 is 1.41 bits per heavy atom. The average Bonchev–Trinajstić information content (AvgIpc) is 2.99. The highest BCUT2D eigenvalue weighted by molar-refractivity contribution is 5.98. The van der Waals surface area contributed by atoms with Gasteiger partial charge in [-0.3, -0.25) is 14.3 Å². The van der Waals surface area contributed by atoms with Crippen LogP contribution < -0.4 is 15.4 Å². The van der Waals surface area contributed by atoms with Crippen LogP contribution >= 0.6 is 0 Å². The molecule has 0 aliphatic carbocycles. The van der Waals surface area contributed by atoms with Gasteiger partial charge >= 0.3 is 0 Å². The lowest BCUT2D eigenvalue weighted by atomic mass is 10.1. The van der Waals surface area contributed by atoms with Crippen LogP contribution in [0.4, 0.5) is 0 Å². The molecule has 0 fully saturated rings. The number of β-amino-alcohol motifs (C(OH)–C–C–N with tert-alkyl or cyclic N) is 1. The first-order chi connectivity index (χ1) is 12.9. The molecular weight excluding hydrogens is 348 g/mol. The molecular formula is C19H24N4O4. The molecule has 1 atom stereocenters. The molecule has 27 heavy (non-hydrogen) atoms.